The molecule has 6 heteroatoms. The fraction of sp³-hybridized carbons (Fsp3) is 0.188. The van der Waals surface area contributed by atoms with Crippen molar-refractivity contribution in [3.8, 4) is 17.6 Å². The van der Waals surface area contributed by atoms with E-state index in [9.17, 15) is 13.2 Å². The van der Waals surface area contributed by atoms with Crippen LogP contribution in [0.3, 0.4) is 0 Å². The third-order valence-corrected chi connectivity index (χ3v) is 2.96. The number of ether oxygens (including phenoxy) is 2. The quantitative estimate of drug-likeness (QED) is 0.851. The molecule has 0 amide bonds. The minimum Gasteiger partial charge on any atom is -0.495 e. The van der Waals surface area contributed by atoms with Crippen LogP contribution in [0.4, 0.5) is 13.2 Å². The second kappa shape index (κ2) is 6.39. The number of benzene rings is 2. The van der Waals surface area contributed by atoms with Crippen molar-refractivity contribution in [2.75, 3.05) is 7.11 Å². The standard InChI is InChI=1S/C16H12F3NO2/c1-21-14-7-12(16(17,18)19)8-15(13(14)9-20)22-10-11-5-3-2-4-6-11/h2-8H,10H2,1H3. The topological polar surface area (TPSA) is 42.2 Å². The van der Waals surface area contributed by atoms with Gasteiger partial charge in [0.25, 0.3) is 0 Å². The van der Waals surface area contributed by atoms with Crippen LogP contribution < -0.4 is 9.47 Å². The Labute approximate surface area is 125 Å². The number of nitrogens with zero attached hydrogens (tertiary/aromatic N) is 1. The molecule has 0 atom stereocenters. The van der Waals surface area contributed by atoms with E-state index >= 15 is 0 Å². The summed E-state index contributed by atoms with van der Waals surface area (Å²) in [6.45, 7) is 0.0555. The lowest BCUT2D eigenvalue weighted by molar-refractivity contribution is -0.137. The summed E-state index contributed by atoms with van der Waals surface area (Å²) in [5.74, 6) is -0.321. The van der Waals surface area contributed by atoms with Crippen molar-refractivity contribution in [1.82, 2.24) is 0 Å². The van der Waals surface area contributed by atoms with E-state index in [4.69, 9.17) is 14.7 Å². The molecular formula is C16H12F3NO2. The molecule has 0 spiro atoms. The zero-order valence-electron chi connectivity index (χ0n) is 11.6. The van der Waals surface area contributed by atoms with Crippen LogP contribution in [-0.4, -0.2) is 7.11 Å². The second-order valence-corrected chi connectivity index (χ2v) is 4.44. The van der Waals surface area contributed by atoms with Crippen LogP contribution in [0.25, 0.3) is 0 Å². The van der Waals surface area contributed by atoms with Gasteiger partial charge in [0.2, 0.25) is 0 Å². The summed E-state index contributed by atoms with van der Waals surface area (Å²) in [6, 6.07) is 12.4. The van der Waals surface area contributed by atoms with Crippen LogP contribution in [0.15, 0.2) is 42.5 Å². The maximum absolute atomic E-state index is 12.9. The Morgan fingerprint density at radius 3 is 2.27 bits per heavy atom. The molecule has 0 fully saturated rings. The van der Waals surface area contributed by atoms with Crippen molar-refractivity contribution in [1.29, 1.82) is 5.26 Å². The number of rotatable bonds is 4. The van der Waals surface area contributed by atoms with Gasteiger partial charge in [0.05, 0.1) is 12.7 Å². The highest BCUT2D eigenvalue weighted by atomic mass is 19.4. The zero-order chi connectivity index (χ0) is 16.2. The number of nitriles is 1. The third-order valence-electron chi connectivity index (χ3n) is 2.96. The minimum atomic E-state index is -4.55. The normalized spacial score (nSPS) is 10.9. The lowest BCUT2D eigenvalue weighted by Gasteiger charge is -2.14. The van der Waals surface area contributed by atoms with Gasteiger partial charge >= 0.3 is 6.18 Å². The second-order valence-electron chi connectivity index (χ2n) is 4.44. The molecule has 0 saturated carbocycles. The number of hydrogen-bond acceptors (Lipinski definition) is 3. The number of hydrogen-bond donors (Lipinski definition) is 0. The van der Waals surface area contributed by atoms with Crippen molar-refractivity contribution in [2.45, 2.75) is 12.8 Å². The molecule has 0 aliphatic carbocycles. The Kier molecular flexibility index (Phi) is 4.56. The van der Waals surface area contributed by atoms with Crippen molar-refractivity contribution in [3.05, 3.63) is 59.2 Å². The highest BCUT2D eigenvalue weighted by molar-refractivity contribution is 5.55. The Balaban J connectivity index is 2.38. The van der Waals surface area contributed by atoms with E-state index in [2.05, 4.69) is 0 Å². The Hall–Kier alpha value is -2.68. The smallest absolute Gasteiger partial charge is 0.416 e. The lowest BCUT2D eigenvalue weighted by Crippen LogP contribution is -2.08. The van der Waals surface area contributed by atoms with Crippen LogP contribution in [-0.2, 0) is 12.8 Å². The highest BCUT2D eigenvalue weighted by Crippen LogP contribution is 2.38. The van der Waals surface area contributed by atoms with Gasteiger partial charge in [0.15, 0.2) is 0 Å². The zero-order valence-corrected chi connectivity index (χ0v) is 11.6. The summed E-state index contributed by atoms with van der Waals surface area (Å²) in [4.78, 5) is 0. The van der Waals surface area contributed by atoms with E-state index in [0.717, 1.165) is 17.7 Å². The number of methoxy groups -OCH3 is 1. The van der Waals surface area contributed by atoms with Gasteiger partial charge in [-0.2, -0.15) is 18.4 Å². The summed E-state index contributed by atoms with van der Waals surface area (Å²) >= 11 is 0. The molecule has 0 aliphatic heterocycles. The van der Waals surface area contributed by atoms with Crippen LogP contribution in [0, 0.1) is 11.3 Å². The van der Waals surface area contributed by atoms with Gasteiger partial charge in [-0.05, 0) is 17.7 Å². The largest absolute Gasteiger partial charge is 0.495 e. The predicted molar refractivity (Wildman–Crippen MR) is 73.5 cm³/mol. The molecule has 0 bridgehead atoms. The Morgan fingerprint density at radius 1 is 1.09 bits per heavy atom. The molecule has 0 saturated heterocycles. The molecule has 2 aromatic carbocycles. The van der Waals surface area contributed by atoms with Crippen LogP contribution in [0.2, 0.25) is 0 Å². The van der Waals surface area contributed by atoms with Gasteiger partial charge in [-0.15, -0.1) is 0 Å². The summed E-state index contributed by atoms with van der Waals surface area (Å²) < 4.78 is 48.9. The fourth-order valence-electron chi connectivity index (χ4n) is 1.87. The van der Waals surface area contributed by atoms with E-state index in [-0.39, 0.29) is 23.7 Å². The molecule has 114 valence electrons. The molecule has 0 aromatic heterocycles. The first kappa shape index (κ1) is 15.7. The highest BCUT2D eigenvalue weighted by Gasteiger charge is 2.33. The molecule has 0 N–H and O–H groups in total. The minimum absolute atomic E-state index is 0.0555. The SMILES string of the molecule is COc1cc(C(F)(F)F)cc(OCc2ccccc2)c1C#N. The Bertz CT molecular complexity index is 691. The maximum atomic E-state index is 12.9. The molecule has 3 nitrogen and oxygen atoms in total. The van der Waals surface area contributed by atoms with Gasteiger partial charge in [0.1, 0.15) is 29.7 Å². The molecule has 2 aromatic rings. The van der Waals surface area contributed by atoms with Crippen molar-refractivity contribution in [3.63, 3.8) is 0 Å². The molecule has 0 heterocycles. The average molecular weight is 307 g/mol. The van der Waals surface area contributed by atoms with Gasteiger partial charge < -0.3 is 9.47 Å². The van der Waals surface area contributed by atoms with Gasteiger partial charge in [-0.25, -0.2) is 0 Å². The van der Waals surface area contributed by atoms with Gasteiger partial charge in [-0.3, -0.25) is 0 Å². The maximum Gasteiger partial charge on any atom is 0.416 e. The average Bonchev–Trinajstić information content (AvgIpc) is 2.51. The van der Waals surface area contributed by atoms with E-state index in [1.807, 2.05) is 12.1 Å². The summed E-state index contributed by atoms with van der Waals surface area (Å²) in [5, 5.41) is 9.13. The summed E-state index contributed by atoms with van der Waals surface area (Å²) in [7, 11) is 1.21. The van der Waals surface area contributed by atoms with Crippen LogP contribution >= 0.6 is 0 Å². The van der Waals surface area contributed by atoms with Gasteiger partial charge in [0, 0.05) is 0 Å². The monoisotopic (exact) mass is 307 g/mol. The molecule has 2 rings (SSSR count). The van der Waals surface area contributed by atoms with Crippen LogP contribution in [0.5, 0.6) is 11.5 Å². The molecule has 0 unspecified atom stereocenters. The third kappa shape index (κ3) is 3.50. The Morgan fingerprint density at radius 2 is 1.73 bits per heavy atom. The number of alkyl halides is 3. The van der Waals surface area contributed by atoms with Crippen LogP contribution in [0.1, 0.15) is 16.7 Å². The van der Waals surface area contributed by atoms with Crippen molar-refractivity contribution in [2.24, 2.45) is 0 Å². The fourth-order valence-corrected chi connectivity index (χ4v) is 1.87. The van der Waals surface area contributed by atoms with E-state index < -0.39 is 11.7 Å². The van der Waals surface area contributed by atoms with E-state index in [1.54, 1.807) is 24.3 Å². The molecule has 22 heavy (non-hydrogen) atoms. The van der Waals surface area contributed by atoms with Crippen molar-refractivity contribution < 1.29 is 22.6 Å². The molecular weight excluding hydrogens is 295 g/mol. The van der Waals surface area contributed by atoms with E-state index in [1.165, 1.54) is 7.11 Å². The number of halogens is 3. The lowest BCUT2D eigenvalue weighted by atomic mass is 10.1. The van der Waals surface area contributed by atoms with Gasteiger partial charge in [-0.1, -0.05) is 30.3 Å². The molecule has 0 aliphatic rings. The molecule has 0 radical (unpaired) electrons. The first-order chi connectivity index (χ1) is 10.5. The summed E-state index contributed by atoms with van der Waals surface area (Å²) in [5.41, 5.74) is -0.208. The first-order valence-electron chi connectivity index (χ1n) is 6.31. The first-order valence-corrected chi connectivity index (χ1v) is 6.31. The predicted octanol–water partition coefficient (Wildman–Crippen LogP) is 4.16. The van der Waals surface area contributed by atoms with E-state index in [0.29, 0.717) is 0 Å². The van der Waals surface area contributed by atoms with Crippen molar-refractivity contribution >= 4 is 0 Å². The summed E-state index contributed by atoms with van der Waals surface area (Å²) in [6.07, 6.45) is -4.55.